The molecule has 1 atom stereocenters. The molecule has 0 amide bonds. The molecular formula is C16H26N6O. The lowest BCUT2D eigenvalue weighted by atomic mass is 9.92. The second kappa shape index (κ2) is 5.96. The van der Waals surface area contributed by atoms with Gasteiger partial charge in [0.25, 0.3) is 0 Å². The van der Waals surface area contributed by atoms with Crippen molar-refractivity contribution in [3.63, 3.8) is 0 Å². The highest BCUT2D eigenvalue weighted by atomic mass is 16.1. The van der Waals surface area contributed by atoms with E-state index in [1.54, 1.807) is 10.6 Å². The molecule has 3 rings (SSSR count). The quantitative estimate of drug-likeness (QED) is 0.896. The zero-order valence-electron chi connectivity index (χ0n) is 14.4. The Kier molecular flexibility index (Phi) is 4.14. The number of anilines is 1. The average molecular weight is 318 g/mol. The Morgan fingerprint density at radius 3 is 2.91 bits per heavy atom. The number of nitrogens with zero attached hydrogens (tertiary/aromatic N) is 4. The van der Waals surface area contributed by atoms with Gasteiger partial charge in [0, 0.05) is 24.7 Å². The number of aromatic amines is 1. The summed E-state index contributed by atoms with van der Waals surface area (Å²) >= 11 is 0. The molecular weight excluding hydrogens is 292 g/mol. The van der Waals surface area contributed by atoms with Crippen LogP contribution in [0, 0.1) is 5.92 Å². The van der Waals surface area contributed by atoms with Gasteiger partial charge in [0.1, 0.15) is 0 Å². The van der Waals surface area contributed by atoms with E-state index in [2.05, 4.69) is 48.2 Å². The lowest BCUT2D eigenvalue weighted by Crippen LogP contribution is -2.35. The van der Waals surface area contributed by atoms with E-state index in [1.165, 1.54) is 19.4 Å². The highest BCUT2D eigenvalue weighted by molar-refractivity contribution is 5.62. The fraction of sp³-hybridized carbons (Fsp3) is 0.688. The van der Waals surface area contributed by atoms with Crippen LogP contribution in [0.3, 0.4) is 0 Å². The number of likely N-dealkylation sites (tertiary alicyclic amines) is 1. The van der Waals surface area contributed by atoms with Crippen LogP contribution in [0.4, 0.5) is 5.82 Å². The second-order valence-corrected chi connectivity index (χ2v) is 7.60. The summed E-state index contributed by atoms with van der Waals surface area (Å²) in [5, 5.41) is 10.0. The molecule has 2 N–H and O–H groups in total. The Morgan fingerprint density at radius 1 is 1.43 bits per heavy atom. The second-order valence-electron chi connectivity index (χ2n) is 7.60. The summed E-state index contributed by atoms with van der Waals surface area (Å²) in [5.41, 5.74) is 1.07. The molecule has 23 heavy (non-hydrogen) atoms. The number of piperidine rings is 1. The topological polar surface area (TPSA) is 78.3 Å². The van der Waals surface area contributed by atoms with Crippen molar-refractivity contribution in [3.05, 3.63) is 22.4 Å². The van der Waals surface area contributed by atoms with Gasteiger partial charge in [-0.1, -0.05) is 20.8 Å². The Hall–Kier alpha value is -1.89. The third kappa shape index (κ3) is 3.39. The van der Waals surface area contributed by atoms with Crippen LogP contribution >= 0.6 is 0 Å². The van der Waals surface area contributed by atoms with Crippen molar-refractivity contribution in [2.75, 3.05) is 32.0 Å². The first-order chi connectivity index (χ1) is 10.8. The molecule has 1 aliphatic heterocycles. The van der Waals surface area contributed by atoms with Crippen molar-refractivity contribution in [1.29, 1.82) is 0 Å². The highest BCUT2D eigenvalue weighted by Gasteiger charge is 2.21. The summed E-state index contributed by atoms with van der Waals surface area (Å²) in [6.07, 6.45) is 4.23. The van der Waals surface area contributed by atoms with Crippen LogP contribution in [-0.2, 0) is 5.41 Å². The molecule has 0 bridgehead atoms. The molecule has 2 aromatic rings. The van der Waals surface area contributed by atoms with Crippen LogP contribution in [0.15, 0.2) is 11.0 Å². The lowest BCUT2D eigenvalue weighted by Gasteiger charge is -2.30. The zero-order chi connectivity index (χ0) is 16.6. The molecule has 7 heteroatoms. The number of nitrogens with one attached hydrogen (secondary N) is 2. The smallest absolute Gasteiger partial charge is 0.347 e. The minimum absolute atomic E-state index is 0.133. The summed E-state index contributed by atoms with van der Waals surface area (Å²) in [6, 6.07) is 0. The van der Waals surface area contributed by atoms with Crippen molar-refractivity contribution in [1.82, 2.24) is 24.5 Å². The number of aromatic nitrogens is 4. The minimum atomic E-state index is -0.228. The van der Waals surface area contributed by atoms with E-state index in [-0.39, 0.29) is 11.1 Å². The predicted molar refractivity (Wildman–Crippen MR) is 91.0 cm³/mol. The first kappa shape index (κ1) is 16.0. The maximum absolute atomic E-state index is 11.9. The van der Waals surface area contributed by atoms with Crippen LogP contribution < -0.4 is 11.0 Å². The molecule has 126 valence electrons. The molecule has 0 aromatic carbocycles. The summed E-state index contributed by atoms with van der Waals surface area (Å²) in [4.78, 5) is 19.0. The molecule has 0 saturated carbocycles. The summed E-state index contributed by atoms with van der Waals surface area (Å²) in [6.45, 7) is 9.38. The standard InChI is InChI=1S/C16H26N6O/c1-16(2,3)12-10-22-14(19-20-15(22)23)13(18-12)17-8-11-6-5-7-21(4)9-11/h10-11H,5-9H2,1-4H3,(H,17,18)(H,20,23). The van der Waals surface area contributed by atoms with E-state index in [0.717, 1.165) is 18.8 Å². The van der Waals surface area contributed by atoms with Crippen molar-refractivity contribution >= 4 is 11.5 Å². The Morgan fingerprint density at radius 2 is 2.22 bits per heavy atom. The van der Waals surface area contributed by atoms with E-state index in [4.69, 9.17) is 4.98 Å². The van der Waals surface area contributed by atoms with Gasteiger partial charge < -0.3 is 10.2 Å². The van der Waals surface area contributed by atoms with Gasteiger partial charge in [-0.15, -0.1) is 5.10 Å². The molecule has 0 spiro atoms. The monoisotopic (exact) mass is 318 g/mol. The molecule has 0 radical (unpaired) electrons. The van der Waals surface area contributed by atoms with Gasteiger partial charge in [-0.25, -0.2) is 19.3 Å². The predicted octanol–water partition coefficient (Wildman–Crippen LogP) is 1.47. The van der Waals surface area contributed by atoms with Crippen LogP contribution in [-0.4, -0.2) is 51.2 Å². The minimum Gasteiger partial charge on any atom is -0.367 e. The van der Waals surface area contributed by atoms with Gasteiger partial charge in [-0.3, -0.25) is 0 Å². The number of hydrogen-bond acceptors (Lipinski definition) is 5. The summed E-state index contributed by atoms with van der Waals surface area (Å²) in [5.74, 6) is 1.28. The average Bonchev–Trinajstić information content (AvgIpc) is 2.86. The molecule has 1 fully saturated rings. The molecule has 1 aliphatic rings. The number of rotatable bonds is 3. The number of fused-ring (bicyclic) bond motifs is 1. The third-order valence-electron chi connectivity index (χ3n) is 4.45. The Labute approximate surface area is 136 Å². The molecule has 0 aliphatic carbocycles. The van der Waals surface area contributed by atoms with Gasteiger partial charge in [0.2, 0.25) is 5.65 Å². The van der Waals surface area contributed by atoms with Crippen molar-refractivity contribution in [2.24, 2.45) is 5.92 Å². The Bertz CT molecular complexity index is 741. The van der Waals surface area contributed by atoms with E-state index in [9.17, 15) is 4.79 Å². The summed E-state index contributed by atoms with van der Waals surface area (Å²) in [7, 11) is 2.16. The maximum Gasteiger partial charge on any atom is 0.347 e. The van der Waals surface area contributed by atoms with Gasteiger partial charge >= 0.3 is 5.69 Å². The first-order valence-electron chi connectivity index (χ1n) is 8.25. The van der Waals surface area contributed by atoms with Gasteiger partial charge in [-0.2, -0.15) is 0 Å². The van der Waals surface area contributed by atoms with Gasteiger partial charge in [0.15, 0.2) is 5.82 Å². The molecule has 3 heterocycles. The lowest BCUT2D eigenvalue weighted by molar-refractivity contribution is 0.217. The fourth-order valence-corrected chi connectivity index (χ4v) is 3.07. The van der Waals surface area contributed by atoms with Gasteiger partial charge in [-0.05, 0) is 32.4 Å². The van der Waals surface area contributed by atoms with Crippen LogP contribution in [0.5, 0.6) is 0 Å². The fourth-order valence-electron chi connectivity index (χ4n) is 3.07. The normalized spacial score (nSPS) is 20.1. The van der Waals surface area contributed by atoms with Crippen molar-refractivity contribution in [3.8, 4) is 0 Å². The van der Waals surface area contributed by atoms with E-state index < -0.39 is 0 Å². The Balaban J connectivity index is 1.88. The largest absolute Gasteiger partial charge is 0.367 e. The molecule has 1 unspecified atom stereocenters. The van der Waals surface area contributed by atoms with E-state index in [0.29, 0.717) is 17.4 Å². The van der Waals surface area contributed by atoms with Crippen LogP contribution in [0.2, 0.25) is 0 Å². The number of hydrogen-bond donors (Lipinski definition) is 2. The summed E-state index contributed by atoms with van der Waals surface area (Å²) < 4.78 is 1.54. The molecule has 1 saturated heterocycles. The maximum atomic E-state index is 11.9. The third-order valence-corrected chi connectivity index (χ3v) is 4.45. The highest BCUT2D eigenvalue weighted by Crippen LogP contribution is 2.23. The van der Waals surface area contributed by atoms with E-state index in [1.807, 2.05) is 0 Å². The van der Waals surface area contributed by atoms with Crippen molar-refractivity contribution < 1.29 is 0 Å². The molecule has 2 aromatic heterocycles. The number of H-pyrrole nitrogens is 1. The molecule has 7 nitrogen and oxygen atoms in total. The SMILES string of the molecule is CN1CCCC(CNc2nc(C(C)(C)C)cn3c(=O)[nH]nc23)C1. The van der Waals surface area contributed by atoms with Crippen molar-refractivity contribution in [2.45, 2.75) is 39.0 Å². The van der Waals surface area contributed by atoms with Gasteiger partial charge in [0.05, 0.1) is 5.69 Å². The van der Waals surface area contributed by atoms with Crippen LogP contribution in [0.25, 0.3) is 5.65 Å². The van der Waals surface area contributed by atoms with E-state index >= 15 is 0 Å². The van der Waals surface area contributed by atoms with Crippen LogP contribution in [0.1, 0.15) is 39.3 Å². The first-order valence-corrected chi connectivity index (χ1v) is 8.25. The zero-order valence-corrected chi connectivity index (χ0v) is 14.4.